The largest absolute Gasteiger partial charge is 0.481 e. The van der Waals surface area contributed by atoms with Crippen LogP contribution in [0.2, 0.25) is 0 Å². The predicted octanol–water partition coefficient (Wildman–Crippen LogP) is 3.09. The van der Waals surface area contributed by atoms with Crippen molar-refractivity contribution in [1.29, 1.82) is 0 Å². The van der Waals surface area contributed by atoms with Gasteiger partial charge in [0.15, 0.2) is 0 Å². The molecule has 7 heteroatoms. The normalized spacial score (nSPS) is 18.6. The maximum absolute atomic E-state index is 12.6. The number of nitrogens with two attached hydrogens (primary N) is 1. The van der Waals surface area contributed by atoms with Crippen LogP contribution in [0.25, 0.3) is 0 Å². The summed E-state index contributed by atoms with van der Waals surface area (Å²) in [7, 11) is 0. The first kappa shape index (κ1) is 17.9. The number of aliphatic carboxylic acids is 1. The second-order valence-corrected chi connectivity index (χ2v) is 8.39. The van der Waals surface area contributed by atoms with Crippen LogP contribution in [0.4, 0.5) is 5.00 Å². The van der Waals surface area contributed by atoms with Crippen molar-refractivity contribution in [3.8, 4) is 0 Å². The highest BCUT2D eigenvalue weighted by atomic mass is 32.1. The van der Waals surface area contributed by atoms with Gasteiger partial charge in [-0.05, 0) is 49.5 Å². The van der Waals surface area contributed by atoms with E-state index in [0.717, 1.165) is 61.8 Å². The van der Waals surface area contributed by atoms with E-state index in [9.17, 15) is 19.5 Å². The molecule has 1 aromatic rings. The van der Waals surface area contributed by atoms with Crippen LogP contribution >= 0.6 is 11.3 Å². The average Bonchev–Trinajstić information content (AvgIpc) is 3.10. The Hall–Kier alpha value is -1.89. The highest BCUT2D eigenvalue weighted by Gasteiger charge is 2.38. The molecule has 0 spiro atoms. The van der Waals surface area contributed by atoms with Gasteiger partial charge in [-0.3, -0.25) is 14.4 Å². The molecule has 0 aromatic carbocycles. The van der Waals surface area contributed by atoms with Crippen LogP contribution < -0.4 is 11.1 Å². The van der Waals surface area contributed by atoms with Gasteiger partial charge in [0.25, 0.3) is 5.91 Å². The van der Waals surface area contributed by atoms with Gasteiger partial charge < -0.3 is 16.2 Å². The molecule has 1 fully saturated rings. The number of aryl methyl sites for hydroxylation is 1. The summed E-state index contributed by atoms with van der Waals surface area (Å²) in [5.74, 6) is -1.58. The van der Waals surface area contributed by atoms with Crippen molar-refractivity contribution in [2.24, 2.45) is 11.1 Å². The number of nitrogens with one attached hydrogen (secondary N) is 1. The Bertz CT molecular complexity index is 704. The maximum Gasteiger partial charge on any atom is 0.303 e. The molecule has 2 amide bonds. The fourth-order valence-corrected chi connectivity index (χ4v) is 5.60. The molecule has 6 nitrogen and oxygen atoms in total. The standard InChI is InChI=1S/C18H24N2O4S/c19-16(24)15-11-5-1-2-6-12(11)25-17(15)20-13(21)9-18(10-14(22)23)7-3-4-8-18/h1-10H2,(H2,19,24)(H,20,21)(H,22,23). The number of hydrogen-bond acceptors (Lipinski definition) is 4. The second kappa shape index (κ2) is 7.15. The molecule has 1 saturated carbocycles. The zero-order valence-electron chi connectivity index (χ0n) is 14.2. The number of primary amides is 1. The number of amides is 2. The Kier molecular flexibility index (Phi) is 5.13. The SMILES string of the molecule is NC(=O)c1c(NC(=O)CC2(CC(=O)O)CCCC2)sc2c1CCCC2. The molecule has 0 bridgehead atoms. The summed E-state index contributed by atoms with van der Waals surface area (Å²) in [6.07, 6.45) is 7.49. The molecular formula is C18H24N2O4S. The van der Waals surface area contributed by atoms with E-state index in [1.807, 2.05) is 0 Å². The summed E-state index contributed by atoms with van der Waals surface area (Å²) in [4.78, 5) is 36.8. The van der Waals surface area contributed by atoms with E-state index >= 15 is 0 Å². The summed E-state index contributed by atoms with van der Waals surface area (Å²) >= 11 is 1.44. The molecule has 0 atom stereocenters. The van der Waals surface area contributed by atoms with E-state index in [-0.39, 0.29) is 18.7 Å². The van der Waals surface area contributed by atoms with Gasteiger partial charge in [0, 0.05) is 11.3 Å². The Labute approximate surface area is 150 Å². The third kappa shape index (κ3) is 3.86. The highest BCUT2D eigenvalue weighted by molar-refractivity contribution is 7.17. The van der Waals surface area contributed by atoms with Crippen LogP contribution in [0.3, 0.4) is 0 Å². The summed E-state index contributed by atoms with van der Waals surface area (Å²) < 4.78 is 0. The quantitative estimate of drug-likeness (QED) is 0.720. The number of carboxylic acids is 1. The molecule has 2 aliphatic carbocycles. The van der Waals surface area contributed by atoms with Gasteiger partial charge in [0.1, 0.15) is 5.00 Å². The van der Waals surface area contributed by atoms with Gasteiger partial charge in [0.05, 0.1) is 12.0 Å². The molecule has 0 radical (unpaired) electrons. The smallest absolute Gasteiger partial charge is 0.303 e. The number of carboxylic acid groups (broad SMARTS) is 1. The fraction of sp³-hybridized carbons (Fsp3) is 0.611. The second-order valence-electron chi connectivity index (χ2n) is 7.28. The summed E-state index contributed by atoms with van der Waals surface area (Å²) in [6.45, 7) is 0. The number of thiophene rings is 1. The summed E-state index contributed by atoms with van der Waals surface area (Å²) in [6, 6.07) is 0. The van der Waals surface area contributed by atoms with Crippen molar-refractivity contribution in [2.45, 2.75) is 64.2 Å². The first-order valence-corrected chi connectivity index (χ1v) is 9.68. The monoisotopic (exact) mass is 364 g/mol. The molecule has 0 unspecified atom stereocenters. The molecular weight excluding hydrogens is 340 g/mol. The van der Waals surface area contributed by atoms with Crippen molar-refractivity contribution in [2.75, 3.05) is 5.32 Å². The molecule has 1 aromatic heterocycles. The number of carbonyl (C=O) groups is 3. The van der Waals surface area contributed by atoms with Crippen molar-refractivity contribution in [3.05, 3.63) is 16.0 Å². The van der Waals surface area contributed by atoms with Crippen molar-refractivity contribution < 1.29 is 19.5 Å². The van der Waals surface area contributed by atoms with Gasteiger partial charge in [-0.2, -0.15) is 0 Å². The molecule has 4 N–H and O–H groups in total. The van der Waals surface area contributed by atoms with Crippen molar-refractivity contribution >= 4 is 34.1 Å². The van der Waals surface area contributed by atoms with Crippen LogP contribution in [0.15, 0.2) is 0 Å². The summed E-state index contributed by atoms with van der Waals surface area (Å²) in [5.41, 5.74) is 6.53. The zero-order chi connectivity index (χ0) is 18.0. The molecule has 2 aliphatic rings. The summed E-state index contributed by atoms with van der Waals surface area (Å²) in [5, 5.41) is 12.6. The van der Waals surface area contributed by atoms with Crippen LogP contribution in [0.5, 0.6) is 0 Å². The molecule has 136 valence electrons. The molecule has 0 aliphatic heterocycles. The lowest BCUT2D eigenvalue weighted by Gasteiger charge is -2.26. The third-order valence-electron chi connectivity index (χ3n) is 5.40. The van der Waals surface area contributed by atoms with Crippen LogP contribution in [0, 0.1) is 5.41 Å². The van der Waals surface area contributed by atoms with E-state index in [4.69, 9.17) is 5.73 Å². The topological polar surface area (TPSA) is 109 Å². The van der Waals surface area contributed by atoms with Gasteiger partial charge in [-0.1, -0.05) is 12.8 Å². The molecule has 1 heterocycles. The van der Waals surface area contributed by atoms with Crippen LogP contribution in [-0.2, 0) is 22.4 Å². The lowest BCUT2D eigenvalue weighted by Crippen LogP contribution is -2.28. The van der Waals surface area contributed by atoms with E-state index in [2.05, 4.69) is 5.32 Å². The number of fused-ring (bicyclic) bond motifs is 1. The van der Waals surface area contributed by atoms with Gasteiger partial charge >= 0.3 is 5.97 Å². The number of carbonyl (C=O) groups excluding carboxylic acids is 2. The highest BCUT2D eigenvalue weighted by Crippen LogP contribution is 2.45. The van der Waals surface area contributed by atoms with E-state index in [0.29, 0.717) is 10.6 Å². The van der Waals surface area contributed by atoms with Crippen LogP contribution in [0.1, 0.15) is 72.2 Å². The minimum absolute atomic E-state index is 0.0179. The van der Waals surface area contributed by atoms with Crippen molar-refractivity contribution in [1.82, 2.24) is 0 Å². The Balaban J connectivity index is 1.78. The number of anilines is 1. The van der Waals surface area contributed by atoms with E-state index in [1.54, 1.807) is 0 Å². The Morgan fingerprint density at radius 3 is 2.40 bits per heavy atom. The first-order valence-electron chi connectivity index (χ1n) is 8.86. The predicted molar refractivity (Wildman–Crippen MR) is 95.9 cm³/mol. The fourth-order valence-electron chi connectivity index (χ4n) is 4.29. The lowest BCUT2D eigenvalue weighted by atomic mass is 9.79. The van der Waals surface area contributed by atoms with Crippen LogP contribution in [-0.4, -0.2) is 22.9 Å². The molecule has 3 rings (SSSR count). The average molecular weight is 364 g/mol. The van der Waals surface area contributed by atoms with Gasteiger partial charge in [-0.25, -0.2) is 0 Å². The third-order valence-corrected chi connectivity index (χ3v) is 6.60. The molecule has 0 saturated heterocycles. The van der Waals surface area contributed by atoms with Gasteiger partial charge in [0.2, 0.25) is 5.91 Å². The minimum Gasteiger partial charge on any atom is -0.481 e. The van der Waals surface area contributed by atoms with Crippen molar-refractivity contribution in [3.63, 3.8) is 0 Å². The lowest BCUT2D eigenvalue weighted by molar-refractivity contribution is -0.140. The zero-order valence-corrected chi connectivity index (χ0v) is 15.0. The van der Waals surface area contributed by atoms with Gasteiger partial charge in [-0.15, -0.1) is 11.3 Å². The number of rotatable bonds is 6. The van der Waals surface area contributed by atoms with E-state index in [1.165, 1.54) is 11.3 Å². The minimum atomic E-state index is -0.862. The number of hydrogen-bond donors (Lipinski definition) is 3. The Morgan fingerprint density at radius 2 is 1.76 bits per heavy atom. The van der Waals surface area contributed by atoms with E-state index < -0.39 is 17.3 Å². The maximum atomic E-state index is 12.6. The molecule has 25 heavy (non-hydrogen) atoms. The Morgan fingerprint density at radius 1 is 1.08 bits per heavy atom. The first-order chi connectivity index (χ1) is 11.9.